The fourth-order valence-electron chi connectivity index (χ4n) is 2.20. The van der Waals surface area contributed by atoms with E-state index in [0.717, 1.165) is 48.6 Å². The maximum atomic E-state index is 12.5. The van der Waals surface area contributed by atoms with Crippen LogP contribution in [-0.2, 0) is 0 Å². The van der Waals surface area contributed by atoms with Crippen LogP contribution in [0.15, 0.2) is 35.7 Å². The van der Waals surface area contributed by atoms with E-state index in [1.54, 1.807) is 4.90 Å². The number of unbranched alkanes of at least 4 members (excludes halogenated alkanes) is 2. The van der Waals surface area contributed by atoms with Gasteiger partial charge in [-0.15, -0.1) is 11.3 Å². The van der Waals surface area contributed by atoms with E-state index in [-0.39, 0.29) is 6.03 Å². The van der Waals surface area contributed by atoms with Crippen molar-refractivity contribution in [2.24, 2.45) is 0 Å². The number of rotatable bonds is 8. The van der Waals surface area contributed by atoms with Gasteiger partial charge in [0.1, 0.15) is 0 Å². The summed E-state index contributed by atoms with van der Waals surface area (Å²) in [5.41, 5.74) is 2.00. The zero-order valence-corrected chi connectivity index (χ0v) is 14.7. The van der Waals surface area contributed by atoms with Crippen molar-refractivity contribution < 1.29 is 4.79 Å². The molecular formula is C18H25N3OS. The Morgan fingerprint density at radius 2 is 1.91 bits per heavy atom. The second-order valence-corrected chi connectivity index (χ2v) is 6.31. The van der Waals surface area contributed by atoms with Gasteiger partial charge in [-0.05, 0) is 12.8 Å². The van der Waals surface area contributed by atoms with Gasteiger partial charge >= 0.3 is 6.03 Å². The molecule has 0 fully saturated rings. The van der Waals surface area contributed by atoms with Gasteiger partial charge in [-0.2, -0.15) is 0 Å². The van der Waals surface area contributed by atoms with Gasteiger partial charge in [0.25, 0.3) is 0 Å². The molecule has 0 unspecified atom stereocenters. The van der Waals surface area contributed by atoms with Crippen LogP contribution in [0.3, 0.4) is 0 Å². The molecule has 1 aromatic heterocycles. The van der Waals surface area contributed by atoms with Crippen LogP contribution in [0.2, 0.25) is 0 Å². The number of thiazole rings is 1. The number of carbonyl (C=O) groups excluding carboxylic acids is 1. The van der Waals surface area contributed by atoms with Crippen LogP contribution in [0.25, 0.3) is 11.3 Å². The maximum absolute atomic E-state index is 12.5. The minimum absolute atomic E-state index is 0.0409. The number of nitrogens with one attached hydrogen (secondary N) is 1. The van der Waals surface area contributed by atoms with E-state index in [1.807, 2.05) is 35.7 Å². The Balaban J connectivity index is 2.12. The standard InChI is InChI=1S/C18H25N3OS/c1-3-5-12-19-17(22)21(13-6-4-2)18-20-16(14-23-18)15-10-8-7-9-11-15/h7-11,14H,3-6,12-13H2,1-2H3,(H,19,22). The number of urea groups is 1. The number of carbonyl (C=O) groups is 1. The highest BCUT2D eigenvalue weighted by atomic mass is 32.1. The van der Waals surface area contributed by atoms with E-state index >= 15 is 0 Å². The summed E-state index contributed by atoms with van der Waals surface area (Å²) in [4.78, 5) is 18.9. The van der Waals surface area contributed by atoms with Gasteiger partial charge < -0.3 is 5.32 Å². The van der Waals surface area contributed by atoms with Crippen molar-refractivity contribution in [2.45, 2.75) is 39.5 Å². The van der Waals surface area contributed by atoms with Gasteiger partial charge in [-0.1, -0.05) is 57.0 Å². The molecule has 0 aliphatic heterocycles. The third-order valence-corrected chi connectivity index (χ3v) is 4.44. The van der Waals surface area contributed by atoms with Crippen molar-refractivity contribution >= 4 is 22.5 Å². The molecule has 5 heteroatoms. The first-order valence-corrected chi connectivity index (χ1v) is 9.20. The molecule has 124 valence electrons. The summed E-state index contributed by atoms with van der Waals surface area (Å²) in [7, 11) is 0. The van der Waals surface area contributed by atoms with Crippen LogP contribution < -0.4 is 10.2 Å². The van der Waals surface area contributed by atoms with Gasteiger partial charge in [0.15, 0.2) is 5.13 Å². The van der Waals surface area contributed by atoms with Gasteiger partial charge in [0.05, 0.1) is 5.69 Å². The third-order valence-electron chi connectivity index (χ3n) is 3.58. The van der Waals surface area contributed by atoms with E-state index in [0.29, 0.717) is 6.54 Å². The zero-order valence-electron chi connectivity index (χ0n) is 13.9. The second kappa shape index (κ2) is 9.30. The molecule has 0 spiro atoms. The molecule has 0 radical (unpaired) electrons. The lowest BCUT2D eigenvalue weighted by atomic mass is 10.2. The predicted molar refractivity (Wildman–Crippen MR) is 98.1 cm³/mol. The Morgan fingerprint density at radius 3 is 2.61 bits per heavy atom. The molecule has 23 heavy (non-hydrogen) atoms. The molecule has 0 aliphatic carbocycles. The molecule has 2 rings (SSSR count). The van der Waals surface area contributed by atoms with Gasteiger partial charge in [-0.3, -0.25) is 4.90 Å². The molecule has 4 nitrogen and oxygen atoms in total. The average molecular weight is 331 g/mol. The smallest absolute Gasteiger partial charge is 0.323 e. The quantitative estimate of drug-likeness (QED) is 0.697. The van der Waals surface area contributed by atoms with E-state index < -0.39 is 0 Å². The second-order valence-electron chi connectivity index (χ2n) is 5.47. The average Bonchev–Trinajstić information content (AvgIpc) is 3.06. The summed E-state index contributed by atoms with van der Waals surface area (Å²) < 4.78 is 0. The summed E-state index contributed by atoms with van der Waals surface area (Å²) in [6.45, 7) is 5.67. The van der Waals surface area contributed by atoms with E-state index in [9.17, 15) is 4.79 Å². The molecule has 0 saturated carbocycles. The summed E-state index contributed by atoms with van der Waals surface area (Å²) in [5.74, 6) is 0. The molecule has 0 bridgehead atoms. The van der Waals surface area contributed by atoms with Crippen molar-refractivity contribution in [1.82, 2.24) is 10.3 Å². The van der Waals surface area contributed by atoms with Crippen LogP contribution in [0.4, 0.5) is 9.93 Å². The molecule has 0 saturated heterocycles. The summed E-state index contributed by atoms with van der Waals surface area (Å²) in [6, 6.07) is 10.0. The normalized spacial score (nSPS) is 10.5. The lowest BCUT2D eigenvalue weighted by molar-refractivity contribution is 0.246. The fourth-order valence-corrected chi connectivity index (χ4v) is 3.06. The molecule has 1 heterocycles. The Morgan fingerprint density at radius 1 is 1.17 bits per heavy atom. The molecule has 2 aromatic rings. The van der Waals surface area contributed by atoms with Crippen LogP contribution in [0.5, 0.6) is 0 Å². The summed E-state index contributed by atoms with van der Waals surface area (Å²) in [6.07, 6.45) is 4.10. The molecule has 1 aromatic carbocycles. The SMILES string of the molecule is CCCCNC(=O)N(CCCC)c1nc(-c2ccccc2)cs1. The lowest BCUT2D eigenvalue weighted by Gasteiger charge is -2.20. The topological polar surface area (TPSA) is 45.2 Å². The van der Waals surface area contributed by atoms with Crippen molar-refractivity contribution in [3.63, 3.8) is 0 Å². The summed E-state index contributed by atoms with van der Waals surface area (Å²) >= 11 is 1.52. The highest BCUT2D eigenvalue weighted by Gasteiger charge is 2.18. The van der Waals surface area contributed by atoms with Crippen molar-refractivity contribution in [2.75, 3.05) is 18.0 Å². The van der Waals surface area contributed by atoms with Gasteiger partial charge in [0.2, 0.25) is 0 Å². The lowest BCUT2D eigenvalue weighted by Crippen LogP contribution is -2.41. The number of anilines is 1. The van der Waals surface area contributed by atoms with Crippen molar-refractivity contribution in [3.8, 4) is 11.3 Å². The molecule has 0 aliphatic rings. The van der Waals surface area contributed by atoms with E-state index in [2.05, 4.69) is 24.1 Å². The first-order valence-electron chi connectivity index (χ1n) is 8.32. The Kier molecular flexibility index (Phi) is 7.07. The monoisotopic (exact) mass is 331 g/mol. The van der Waals surface area contributed by atoms with Crippen molar-refractivity contribution in [3.05, 3.63) is 35.7 Å². The van der Waals surface area contributed by atoms with Crippen LogP contribution in [0, 0.1) is 0 Å². The molecule has 2 amide bonds. The molecule has 0 atom stereocenters. The Bertz CT molecular complexity index is 597. The number of nitrogens with zero attached hydrogens (tertiary/aromatic N) is 2. The molecular weight excluding hydrogens is 306 g/mol. The highest BCUT2D eigenvalue weighted by Crippen LogP contribution is 2.27. The number of hydrogen-bond acceptors (Lipinski definition) is 3. The number of aromatic nitrogens is 1. The number of hydrogen-bond donors (Lipinski definition) is 1. The van der Waals surface area contributed by atoms with Gasteiger partial charge in [0, 0.05) is 24.0 Å². The zero-order chi connectivity index (χ0) is 16.5. The highest BCUT2D eigenvalue weighted by molar-refractivity contribution is 7.14. The Hall–Kier alpha value is -1.88. The van der Waals surface area contributed by atoms with Crippen LogP contribution >= 0.6 is 11.3 Å². The third kappa shape index (κ3) is 5.06. The van der Waals surface area contributed by atoms with Crippen molar-refractivity contribution in [1.29, 1.82) is 0 Å². The first-order chi connectivity index (χ1) is 11.3. The predicted octanol–water partition coefficient (Wildman–Crippen LogP) is 4.93. The first kappa shape index (κ1) is 17.5. The van der Waals surface area contributed by atoms with Crippen LogP contribution in [-0.4, -0.2) is 24.1 Å². The van der Waals surface area contributed by atoms with E-state index in [1.165, 1.54) is 11.3 Å². The Labute approximate surface area is 142 Å². The van der Waals surface area contributed by atoms with Gasteiger partial charge in [-0.25, -0.2) is 9.78 Å². The largest absolute Gasteiger partial charge is 0.338 e. The fraction of sp³-hybridized carbons (Fsp3) is 0.444. The van der Waals surface area contributed by atoms with E-state index in [4.69, 9.17) is 0 Å². The number of benzene rings is 1. The van der Waals surface area contributed by atoms with Crippen LogP contribution in [0.1, 0.15) is 39.5 Å². The number of amides is 2. The minimum atomic E-state index is -0.0409. The maximum Gasteiger partial charge on any atom is 0.323 e. The minimum Gasteiger partial charge on any atom is -0.338 e. The molecule has 1 N–H and O–H groups in total. The summed E-state index contributed by atoms with van der Waals surface area (Å²) in [5, 5.41) is 5.78.